The van der Waals surface area contributed by atoms with Crippen molar-refractivity contribution in [1.29, 1.82) is 0 Å². The number of allylic oxidation sites excluding steroid dienone is 3. The van der Waals surface area contributed by atoms with E-state index in [0.29, 0.717) is 0 Å². The molecule has 4 rings (SSSR count). The zero-order valence-electron chi connectivity index (χ0n) is 30.0. The predicted octanol–water partition coefficient (Wildman–Crippen LogP) is 13.3. The number of halogens is 2. The second-order valence-electron chi connectivity index (χ2n) is 13.8. The minimum atomic E-state index is -0.346. The van der Waals surface area contributed by atoms with Gasteiger partial charge in [-0.1, -0.05) is 115 Å². The third-order valence-electron chi connectivity index (χ3n) is 8.67. The summed E-state index contributed by atoms with van der Waals surface area (Å²) in [6.45, 7) is 27.3. The van der Waals surface area contributed by atoms with E-state index in [4.69, 9.17) is 19.4 Å². The maximum atomic E-state index is 4.85. The number of nitrogens with zero attached hydrogens (tertiary/aromatic N) is 2. The Kier molecular flexibility index (Phi) is 16.9. The van der Waals surface area contributed by atoms with Crippen molar-refractivity contribution in [2.75, 3.05) is 9.80 Å². The molecule has 2 nitrogen and oxygen atoms in total. The van der Waals surface area contributed by atoms with Crippen LogP contribution in [0.5, 0.6) is 0 Å². The first-order valence-corrected chi connectivity index (χ1v) is 22.1. The molecule has 0 amide bonds. The van der Waals surface area contributed by atoms with E-state index < -0.39 is 0 Å². The summed E-state index contributed by atoms with van der Waals surface area (Å²) in [5.74, 6) is 0.793. The molecule has 6 heteroatoms. The Morgan fingerprint density at radius 1 is 0.778 bits per heavy atom. The number of aryl methyl sites for hydroxylation is 6. The summed E-state index contributed by atoms with van der Waals surface area (Å²) in [6, 6.07) is 9.36. The molecule has 0 N–H and O–H groups in total. The summed E-state index contributed by atoms with van der Waals surface area (Å²) >= 11 is -0.346. The van der Waals surface area contributed by atoms with E-state index in [1.165, 1.54) is 94.2 Å². The molecule has 1 fully saturated rings. The van der Waals surface area contributed by atoms with Crippen LogP contribution in [0.25, 0.3) is 0 Å². The fourth-order valence-electron chi connectivity index (χ4n) is 7.04. The average Bonchev–Trinajstić information content (AvgIpc) is 3.35. The van der Waals surface area contributed by atoms with Crippen molar-refractivity contribution in [1.82, 2.24) is 0 Å². The van der Waals surface area contributed by atoms with E-state index in [1.54, 1.807) is 0 Å². The van der Waals surface area contributed by atoms with Gasteiger partial charge in [0.1, 0.15) is 6.17 Å². The van der Waals surface area contributed by atoms with Crippen molar-refractivity contribution in [2.45, 2.75) is 133 Å². The van der Waals surface area contributed by atoms with Gasteiger partial charge >= 0.3 is 34.5 Å². The summed E-state index contributed by atoms with van der Waals surface area (Å²) in [6.07, 6.45) is 17.8. The number of anilines is 2. The van der Waals surface area contributed by atoms with Crippen LogP contribution in [0.3, 0.4) is 0 Å². The van der Waals surface area contributed by atoms with E-state index in [1.807, 2.05) is 0 Å². The SMILES string of the molecule is CC(C)=C/C=C(/PC(C)(C)C1CCCCC1)C1N(c2c(C)cc(C)cc2C)C=CN1c1c(C)cc(C)cc1C.CCC.[Cl][Ru][Cl]. The van der Waals surface area contributed by atoms with E-state index in [0.717, 1.165) is 14.5 Å². The second kappa shape index (κ2) is 19.0. The zero-order chi connectivity index (χ0) is 33.9. The molecule has 2 aromatic rings. The number of hydrogen-bond acceptors (Lipinski definition) is 2. The first kappa shape index (κ1) is 40.1. The molecule has 0 bridgehead atoms. The molecule has 0 radical (unpaired) electrons. The standard InChI is InChI=1S/C36H51N2P.C3H8.2ClH.Ru/c1-24(2)16-17-32(39-36(9,10)31-14-12-11-13-15-31)35-37(33-27(5)20-25(3)21-28(33)6)18-19-38(35)34-29(7)22-26(4)23-30(34)8;1-3-2;;;/h16-23,31,35,39H,11-15H2,1-10H3;3H2,1-2H3;2*1H;/q;;;;+2/p-2/b32-17+;;;;. The molecule has 1 aliphatic carbocycles. The van der Waals surface area contributed by atoms with Gasteiger partial charge in [-0.25, -0.2) is 0 Å². The summed E-state index contributed by atoms with van der Waals surface area (Å²) in [7, 11) is 10.5. The van der Waals surface area contributed by atoms with Crippen molar-refractivity contribution in [3.05, 3.63) is 93.1 Å². The first-order chi connectivity index (χ1) is 21.2. The van der Waals surface area contributed by atoms with Gasteiger partial charge in [-0.15, -0.1) is 0 Å². The van der Waals surface area contributed by atoms with Gasteiger partial charge < -0.3 is 9.80 Å². The number of benzene rings is 2. The molecule has 0 saturated heterocycles. The molecule has 1 unspecified atom stereocenters. The Bertz CT molecular complexity index is 1220. The van der Waals surface area contributed by atoms with Gasteiger partial charge in [0.25, 0.3) is 0 Å². The van der Waals surface area contributed by atoms with E-state index in [-0.39, 0.29) is 26.5 Å². The van der Waals surface area contributed by atoms with Gasteiger partial charge in [-0.2, -0.15) is 0 Å². The normalized spacial score (nSPS) is 16.2. The Hall–Kier alpha value is -1.11. The van der Waals surface area contributed by atoms with Gasteiger partial charge in [-0.05, 0) is 107 Å². The van der Waals surface area contributed by atoms with E-state index in [9.17, 15) is 0 Å². The minimum absolute atomic E-state index is 0.113. The summed E-state index contributed by atoms with van der Waals surface area (Å²) in [5, 5.41) is 1.80. The molecule has 1 atom stereocenters. The van der Waals surface area contributed by atoms with Gasteiger partial charge in [0.05, 0.1) is 0 Å². The van der Waals surface area contributed by atoms with Crippen LogP contribution >= 0.6 is 28.0 Å². The topological polar surface area (TPSA) is 6.48 Å². The van der Waals surface area contributed by atoms with Crippen molar-refractivity contribution in [3.63, 3.8) is 0 Å². The third-order valence-corrected chi connectivity index (χ3v) is 10.4. The van der Waals surface area contributed by atoms with Crippen LogP contribution in [0.2, 0.25) is 0 Å². The molecular formula is C39H59Cl2N2PRu. The number of hydrogen-bond donors (Lipinski definition) is 0. The van der Waals surface area contributed by atoms with Crippen LogP contribution in [0, 0.1) is 47.5 Å². The fourth-order valence-corrected chi connectivity index (χ4v) is 8.85. The van der Waals surface area contributed by atoms with E-state index in [2.05, 4.69) is 142 Å². The molecule has 45 heavy (non-hydrogen) atoms. The predicted molar refractivity (Wildman–Crippen MR) is 203 cm³/mol. The Labute approximate surface area is 294 Å². The van der Waals surface area contributed by atoms with Crippen LogP contribution in [-0.2, 0) is 15.1 Å². The van der Waals surface area contributed by atoms with Crippen molar-refractivity contribution < 1.29 is 15.1 Å². The molecule has 1 aliphatic heterocycles. The summed E-state index contributed by atoms with van der Waals surface area (Å²) in [5.41, 5.74) is 12.1. The third kappa shape index (κ3) is 11.2. The average molecular weight is 759 g/mol. The first-order valence-electron chi connectivity index (χ1n) is 16.6. The van der Waals surface area contributed by atoms with Crippen molar-refractivity contribution in [3.8, 4) is 0 Å². The van der Waals surface area contributed by atoms with Gasteiger partial charge in [-0.3, -0.25) is 0 Å². The second-order valence-corrected chi connectivity index (χ2v) is 18.5. The van der Waals surface area contributed by atoms with Crippen LogP contribution in [0.15, 0.2) is 59.7 Å². The quantitative estimate of drug-likeness (QED) is 0.158. The monoisotopic (exact) mass is 758 g/mol. The molecule has 1 saturated carbocycles. The van der Waals surface area contributed by atoms with Gasteiger partial charge in [0, 0.05) is 23.8 Å². The van der Waals surface area contributed by atoms with Gasteiger partial charge in [0.2, 0.25) is 0 Å². The molecule has 1 heterocycles. The molecule has 0 spiro atoms. The van der Waals surface area contributed by atoms with Crippen molar-refractivity contribution >= 4 is 39.3 Å². The maximum absolute atomic E-state index is 4.85. The van der Waals surface area contributed by atoms with Crippen molar-refractivity contribution in [2.24, 2.45) is 5.92 Å². The Balaban J connectivity index is 0.00000109. The number of rotatable bonds is 7. The fraction of sp³-hybridized carbons (Fsp3) is 0.538. The molecular weight excluding hydrogens is 699 g/mol. The van der Waals surface area contributed by atoms with Crippen LogP contribution in [0.1, 0.15) is 113 Å². The van der Waals surface area contributed by atoms with Gasteiger partial charge in [0.15, 0.2) is 0 Å². The molecule has 252 valence electrons. The molecule has 2 aromatic carbocycles. The Morgan fingerprint density at radius 2 is 1.16 bits per heavy atom. The van der Waals surface area contributed by atoms with Crippen LogP contribution < -0.4 is 9.80 Å². The molecule has 0 aromatic heterocycles. The Morgan fingerprint density at radius 3 is 1.51 bits per heavy atom. The van der Waals surface area contributed by atoms with Crippen LogP contribution in [0.4, 0.5) is 11.4 Å². The summed E-state index contributed by atoms with van der Waals surface area (Å²) < 4.78 is 0. The van der Waals surface area contributed by atoms with Crippen LogP contribution in [-0.4, -0.2) is 11.3 Å². The van der Waals surface area contributed by atoms with E-state index >= 15 is 0 Å². The molecule has 2 aliphatic rings. The zero-order valence-corrected chi connectivity index (χ0v) is 34.3. The summed E-state index contributed by atoms with van der Waals surface area (Å²) in [4.78, 5) is 5.13.